The molecule has 0 heterocycles. The van der Waals surface area contributed by atoms with Gasteiger partial charge in [0.05, 0.1) is 6.54 Å². The molecule has 0 aliphatic rings. The van der Waals surface area contributed by atoms with E-state index in [1.165, 1.54) is 0 Å². The summed E-state index contributed by atoms with van der Waals surface area (Å²) in [7, 11) is 0. The van der Waals surface area contributed by atoms with E-state index in [4.69, 9.17) is 0 Å². The van der Waals surface area contributed by atoms with E-state index in [1.807, 2.05) is 41.5 Å². The molecule has 0 unspecified atom stereocenters. The number of hydrogen-bond acceptors (Lipinski definition) is 4. The molecule has 4 nitrogen and oxygen atoms in total. The van der Waals surface area contributed by atoms with Crippen LogP contribution in [-0.4, -0.2) is 35.7 Å². The van der Waals surface area contributed by atoms with Crippen molar-refractivity contribution in [3.63, 3.8) is 0 Å². The number of carbonyl (C=O) groups is 2. The molecule has 0 fully saturated rings. The molecule has 0 rings (SSSR count). The third-order valence-electron chi connectivity index (χ3n) is 3.69. The molecule has 0 radical (unpaired) electrons. The second-order valence-electron chi connectivity index (χ2n) is 11.2. The first-order valence-electron chi connectivity index (χ1n) is 9.82. The van der Waals surface area contributed by atoms with Crippen molar-refractivity contribution >= 4 is 11.6 Å². The highest BCUT2D eigenvalue weighted by Gasteiger charge is 2.22. The SMILES string of the molecule is C.C.CC(C)(C)NCC(=O)C(C)(C)C.CC(C)(C)NCCCC(=O)C(C)(C)C. The van der Waals surface area contributed by atoms with Gasteiger partial charge in [0, 0.05) is 28.3 Å². The van der Waals surface area contributed by atoms with Crippen molar-refractivity contribution in [2.75, 3.05) is 13.1 Å². The smallest absolute Gasteiger partial charge is 0.151 e. The molecule has 28 heavy (non-hydrogen) atoms. The van der Waals surface area contributed by atoms with E-state index in [0.717, 1.165) is 13.0 Å². The van der Waals surface area contributed by atoms with E-state index in [0.29, 0.717) is 18.7 Å². The normalized spacial score (nSPS) is 12.1. The Morgan fingerprint density at radius 3 is 1.25 bits per heavy atom. The summed E-state index contributed by atoms with van der Waals surface area (Å²) in [4.78, 5) is 23.0. The predicted molar refractivity (Wildman–Crippen MR) is 127 cm³/mol. The topological polar surface area (TPSA) is 58.2 Å². The van der Waals surface area contributed by atoms with Gasteiger partial charge < -0.3 is 10.6 Å². The van der Waals surface area contributed by atoms with Crippen LogP contribution in [0.5, 0.6) is 0 Å². The highest BCUT2D eigenvalue weighted by Crippen LogP contribution is 2.17. The molecule has 0 atom stereocenters. The molecule has 0 aliphatic heterocycles. The average Bonchev–Trinajstić information content (AvgIpc) is 2.37. The molecule has 0 aromatic heterocycles. The maximum absolute atomic E-state index is 11.6. The second kappa shape index (κ2) is 13.5. The van der Waals surface area contributed by atoms with Crippen LogP contribution in [0.25, 0.3) is 0 Å². The van der Waals surface area contributed by atoms with Crippen LogP contribution in [-0.2, 0) is 9.59 Å². The van der Waals surface area contributed by atoms with Gasteiger partial charge in [-0.2, -0.15) is 0 Å². The van der Waals surface area contributed by atoms with Gasteiger partial charge in [-0.15, -0.1) is 0 Å². The van der Waals surface area contributed by atoms with Crippen molar-refractivity contribution in [3.05, 3.63) is 0 Å². The average molecular weight is 403 g/mol. The lowest BCUT2D eigenvalue weighted by Gasteiger charge is -2.23. The van der Waals surface area contributed by atoms with E-state index in [9.17, 15) is 9.59 Å². The van der Waals surface area contributed by atoms with Crippen molar-refractivity contribution < 1.29 is 9.59 Å². The fourth-order valence-electron chi connectivity index (χ4n) is 1.70. The van der Waals surface area contributed by atoms with Gasteiger partial charge in [-0.3, -0.25) is 9.59 Å². The number of Topliss-reactive ketones (excluding diaryl/α,β-unsaturated/α-hetero) is 2. The zero-order valence-corrected chi connectivity index (χ0v) is 19.6. The molecule has 0 aliphatic carbocycles. The van der Waals surface area contributed by atoms with Crippen LogP contribution in [0.1, 0.15) is 111 Å². The van der Waals surface area contributed by atoms with Crippen LogP contribution < -0.4 is 10.6 Å². The molecule has 0 saturated carbocycles. The fraction of sp³-hybridized carbons (Fsp3) is 0.917. The Kier molecular flexibility index (Phi) is 16.7. The van der Waals surface area contributed by atoms with E-state index < -0.39 is 0 Å². The highest BCUT2D eigenvalue weighted by atomic mass is 16.1. The zero-order chi connectivity index (χ0) is 21.4. The lowest BCUT2D eigenvalue weighted by atomic mass is 9.88. The molecule has 0 aromatic carbocycles. The van der Waals surface area contributed by atoms with Crippen molar-refractivity contribution in [3.8, 4) is 0 Å². The van der Waals surface area contributed by atoms with Gasteiger partial charge in [-0.1, -0.05) is 56.4 Å². The van der Waals surface area contributed by atoms with E-state index in [-0.39, 0.29) is 42.5 Å². The zero-order valence-electron chi connectivity index (χ0n) is 19.6. The standard InChI is InChI=1S/C12H25NO.C10H21NO.2CH4/c1-11(2,3)10(14)8-7-9-13-12(4,5)6;1-9(2,3)8(12)7-11-10(4,5)6;;/h13H,7-9H2,1-6H3;11H,7H2,1-6H3;2*1H4. The number of ketones is 2. The quantitative estimate of drug-likeness (QED) is 0.532. The van der Waals surface area contributed by atoms with Crippen LogP contribution >= 0.6 is 0 Å². The summed E-state index contributed by atoms with van der Waals surface area (Å²) >= 11 is 0. The summed E-state index contributed by atoms with van der Waals surface area (Å²) < 4.78 is 0. The Balaban J connectivity index is -0.000000194. The molecule has 0 saturated heterocycles. The van der Waals surface area contributed by atoms with Crippen molar-refractivity contribution in [1.29, 1.82) is 0 Å². The molecule has 172 valence electrons. The minimum absolute atomic E-state index is 0. The highest BCUT2D eigenvalue weighted by molar-refractivity contribution is 5.85. The first kappa shape index (κ1) is 34.7. The Morgan fingerprint density at radius 1 is 0.607 bits per heavy atom. The Hall–Kier alpha value is -0.740. The van der Waals surface area contributed by atoms with Gasteiger partial charge in [-0.25, -0.2) is 0 Å². The maximum atomic E-state index is 11.6. The van der Waals surface area contributed by atoms with Gasteiger partial charge in [0.15, 0.2) is 5.78 Å². The van der Waals surface area contributed by atoms with Crippen LogP contribution in [0, 0.1) is 10.8 Å². The molecule has 2 N–H and O–H groups in total. The minimum Gasteiger partial charge on any atom is -0.312 e. The van der Waals surface area contributed by atoms with Gasteiger partial charge in [-0.05, 0) is 54.5 Å². The molecule has 0 aromatic rings. The molecule has 4 heteroatoms. The van der Waals surface area contributed by atoms with Crippen molar-refractivity contribution in [1.82, 2.24) is 10.6 Å². The molecule has 0 amide bonds. The number of nitrogens with one attached hydrogen (secondary N) is 2. The van der Waals surface area contributed by atoms with Gasteiger partial charge >= 0.3 is 0 Å². The van der Waals surface area contributed by atoms with Gasteiger partial charge in [0.25, 0.3) is 0 Å². The first-order valence-corrected chi connectivity index (χ1v) is 9.82. The lowest BCUT2D eigenvalue weighted by molar-refractivity contribution is -0.126. The van der Waals surface area contributed by atoms with Crippen molar-refractivity contribution in [2.24, 2.45) is 10.8 Å². The summed E-state index contributed by atoms with van der Waals surface area (Å²) in [5.74, 6) is 0.616. The number of carbonyl (C=O) groups excluding carboxylic acids is 2. The largest absolute Gasteiger partial charge is 0.312 e. The molecular formula is C24H54N2O2. The summed E-state index contributed by atoms with van der Waals surface area (Å²) in [6.45, 7) is 25.7. The monoisotopic (exact) mass is 402 g/mol. The molecule has 0 spiro atoms. The molecular weight excluding hydrogens is 348 g/mol. The first-order chi connectivity index (χ1) is 11.3. The van der Waals surface area contributed by atoms with Gasteiger partial charge in [0.1, 0.15) is 5.78 Å². The third kappa shape index (κ3) is 23.3. The predicted octanol–water partition coefficient (Wildman–Crippen LogP) is 6.03. The Bertz CT molecular complexity index is 427. The summed E-state index contributed by atoms with van der Waals surface area (Å²) in [6.07, 6.45) is 1.62. The molecule has 0 bridgehead atoms. The second-order valence-corrected chi connectivity index (χ2v) is 11.2. The number of rotatable bonds is 6. The Morgan fingerprint density at radius 2 is 0.964 bits per heavy atom. The maximum Gasteiger partial charge on any atom is 0.151 e. The van der Waals surface area contributed by atoms with Crippen LogP contribution in [0.15, 0.2) is 0 Å². The van der Waals surface area contributed by atoms with E-state index in [2.05, 4.69) is 52.2 Å². The van der Waals surface area contributed by atoms with Gasteiger partial charge in [0.2, 0.25) is 0 Å². The third-order valence-corrected chi connectivity index (χ3v) is 3.69. The van der Waals surface area contributed by atoms with E-state index in [1.54, 1.807) is 0 Å². The number of hydrogen-bond donors (Lipinski definition) is 2. The Labute approximate surface area is 178 Å². The van der Waals surface area contributed by atoms with Crippen LogP contribution in [0.4, 0.5) is 0 Å². The fourth-order valence-corrected chi connectivity index (χ4v) is 1.70. The van der Waals surface area contributed by atoms with Crippen LogP contribution in [0.2, 0.25) is 0 Å². The summed E-state index contributed by atoms with van der Waals surface area (Å²) in [6, 6.07) is 0. The summed E-state index contributed by atoms with van der Waals surface area (Å²) in [5, 5.41) is 6.56. The van der Waals surface area contributed by atoms with Crippen LogP contribution in [0.3, 0.4) is 0 Å². The summed E-state index contributed by atoms with van der Waals surface area (Å²) in [5.41, 5.74) is -0.217. The lowest BCUT2D eigenvalue weighted by Crippen LogP contribution is -2.42. The van der Waals surface area contributed by atoms with Crippen molar-refractivity contribution in [2.45, 2.75) is 122 Å². The minimum atomic E-state index is -0.224. The van der Waals surface area contributed by atoms with E-state index >= 15 is 0 Å².